The van der Waals surface area contributed by atoms with Gasteiger partial charge in [-0.3, -0.25) is 9.59 Å². The molecule has 72 valence electrons. The van der Waals surface area contributed by atoms with E-state index >= 15 is 0 Å². The lowest BCUT2D eigenvalue weighted by Crippen LogP contribution is -2.22. The first-order chi connectivity index (χ1) is 6.06. The third kappa shape index (κ3) is 1.97. The molecule has 0 aliphatic carbocycles. The van der Waals surface area contributed by atoms with E-state index in [1.807, 2.05) is 13.8 Å². The number of hydrogen-bond donors (Lipinski definition) is 0. The lowest BCUT2D eigenvalue weighted by molar-refractivity contribution is -0.153. The molecule has 2 atom stereocenters. The molecule has 1 fully saturated rings. The Morgan fingerprint density at radius 1 is 1.54 bits per heavy atom. The van der Waals surface area contributed by atoms with Gasteiger partial charge < -0.3 is 4.74 Å². The van der Waals surface area contributed by atoms with E-state index in [1.54, 1.807) is 6.08 Å². The quantitative estimate of drug-likeness (QED) is 0.377. The molecule has 0 spiro atoms. The molecule has 0 radical (unpaired) electrons. The summed E-state index contributed by atoms with van der Waals surface area (Å²) >= 11 is 0. The molecule has 1 rings (SSSR count). The van der Waals surface area contributed by atoms with Crippen LogP contribution >= 0.6 is 0 Å². The second-order valence-corrected chi connectivity index (χ2v) is 3.66. The number of esters is 2. The van der Waals surface area contributed by atoms with E-state index in [9.17, 15) is 9.59 Å². The minimum Gasteiger partial charge on any atom is -0.393 e. The van der Waals surface area contributed by atoms with Gasteiger partial charge in [0.2, 0.25) is 0 Å². The van der Waals surface area contributed by atoms with E-state index < -0.39 is 11.9 Å². The molecule has 0 amide bonds. The van der Waals surface area contributed by atoms with Crippen LogP contribution in [0.1, 0.15) is 20.3 Å². The second-order valence-electron chi connectivity index (χ2n) is 3.66. The highest BCUT2D eigenvalue weighted by Gasteiger charge is 2.38. The summed E-state index contributed by atoms with van der Waals surface area (Å²) in [5, 5.41) is 0. The van der Waals surface area contributed by atoms with E-state index in [4.69, 9.17) is 0 Å². The smallest absolute Gasteiger partial charge is 0.317 e. The average molecular weight is 182 g/mol. The third-order valence-electron chi connectivity index (χ3n) is 2.41. The van der Waals surface area contributed by atoms with Crippen molar-refractivity contribution in [1.82, 2.24) is 0 Å². The van der Waals surface area contributed by atoms with Crippen LogP contribution in [0.5, 0.6) is 0 Å². The van der Waals surface area contributed by atoms with Crippen LogP contribution in [-0.4, -0.2) is 11.9 Å². The number of ether oxygens (including phenoxy) is 1. The second kappa shape index (κ2) is 3.73. The highest BCUT2D eigenvalue weighted by atomic mass is 16.6. The maximum atomic E-state index is 11.2. The highest BCUT2D eigenvalue weighted by Crippen LogP contribution is 2.30. The topological polar surface area (TPSA) is 43.4 Å². The number of allylic oxidation sites excluding steroid dienone is 1. The molecule has 0 saturated carbocycles. The van der Waals surface area contributed by atoms with E-state index in [-0.39, 0.29) is 18.3 Å². The largest absolute Gasteiger partial charge is 0.393 e. The standard InChI is InChI=1S/C10H14O3/c1-4-7(6(2)3)8-5-9(11)13-10(8)12/h4,6-8H,1,5H2,2-3H3. The van der Waals surface area contributed by atoms with Crippen molar-refractivity contribution < 1.29 is 14.3 Å². The fraction of sp³-hybridized carbons (Fsp3) is 0.600. The van der Waals surface area contributed by atoms with Crippen molar-refractivity contribution in [2.24, 2.45) is 17.8 Å². The van der Waals surface area contributed by atoms with Crippen LogP contribution in [0.2, 0.25) is 0 Å². The van der Waals surface area contributed by atoms with Gasteiger partial charge in [0, 0.05) is 0 Å². The van der Waals surface area contributed by atoms with Crippen molar-refractivity contribution in [2.75, 3.05) is 0 Å². The predicted molar refractivity (Wildman–Crippen MR) is 47.7 cm³/mol. The van der Waals surface area contributed by atoms with Crippen LogP contribution in [0.25, 0.3) is 0 Å². The molecule has 0 aromatic rings. The molecule has 3 nitrogen and oxygen atoms in total. The van der Waals surface area contributed by atoms with Gasteiger partial charge in [0.25, 0.3) is 0 Å². The van der Waals surface area contributed by atoms with Gasteiger partial charge in [-0.25, -0.2) is 0 Å². The van der Waals surface area contributed by atoms with E-state index in [0.717, 1.165) is 0 Å². The van der Waals surface area contributed by atoms with Crippen LogP contribution in [0, 0.1) is 17.8 Å². The molecule has 3 heteroatoms. The Labute approximate surface area is 77.8 Å². The molecule has 0 bridgehead atoms. The number of rotatable bonds is 3. The lowest BCUT2D eigenvalue weighted by atomic mass is 9.82. The summed E-state index contributed by atoms with van der Waals surface area (Å²) in [5.74, 6) is -0.781. The highest BCUT2D eigenvalue weighted by molar-refractivity contribution is 5.94. The zero-order valence-electron chi connectivity index (χ0n) is 7.95. The number of hydrogen-bond acceptors (Lipinski definition) is 3. The summed E-state index contributed by atoms with van der Waals surface area (Å²) in [5.41, 5.74) is 0. The monoisotopic (exact) mass is 182 g/mol. The maximum Gasteiger partial charge on any atom is 0.317 e. The summed E-state index contributed by atoms with van der Waals surface area (Å²) in [6.45, 7) is 7.67. The zero-order valence-corrected chi connectivity index (χ0v) is 7.95. The number of cyclic esters (lactones) is 2. The van der Waals surface area contributed by atoms with E-state index in [2.05, 4.69) is 11.3 Å². The summed E-state index contributed by atoms with van der Waals surface area (Å²) in [6, 6.07) is 0. The molecule has 1 heterocycles. The molecule has 13 heavy (non-hydrogen) atoms. The number of carbonyl (C=O) groups is 2. The minimum atomic E-state index is -0.414. The van der Waals surface area contributed by atoms with Crippen LogP contribution in [-0.2, 0) is 14.3 Å². The summed E-state index contributed by atoms with van der Waals surface area (Å²) < 4.78 is 4.48. The Morgan fingerprint density at radius 2 is 2.15 bits per heavy atom. The summed E-state index contributed by atoms with van der Waals surface area (Å²) in [7, 11) is 0. The first-order valence-corrected chi connectivity index (χ1v) is 4.43. The molecule has 0 aromatic heterocycles. The van der Waals surface area contributed by atoms with E-state index in [1.165, 1.54) is 0 Å². The van der Waals surface area contributed by atoms with Crippen LogP contribution < -0.4 is 0 Å². The molecule has 1 saturated heterocycles. The molecule has 0 N–H and O–H groups in total. The van der Waals surface area contributed by atoms with Crippen molar-refractivity contribution in [3.8, 4) is 0 Å². The Morgan fingerprint density at radius 3 is 2.46 bits per heavy atom. The fourth-order valence-electron chi connectivity index (χ4n) is 1.69. The van der Waals surface area contributed by atoms with Gasteiger partial charge in [0.15, 0.2) is 0 Å². The molecule has 0 aromatic carbocycles. The van der Waals surface area contributed by atoms with Crippen LogP contribution in [0.15, 0.2) is 12.7 Å². The van der Waals surface area contributed by atoms with Crippen molar-refractivity contribution >= 4 is 11.9 Å². The van der Waals surface area contributed by atoms with Gasteiger partial charge in [-0.05, 0) is 11.8 Å². The van der Waals surface area contributed by atoms with Gasteiger partial charge in [0.1, 0.15) is 0 Å². The SMILES string of the molecule is C=CC(C(C)C)C1CC(=O)OC1=O. The van der Waals surface area contributed by atoms with E-state index in [0.29, 0.717) is 5.92 Å². The van der Waals surface area contributed by atoms with Gasteiger partial charge in [-0.15, -0.1) is 6.58 Å². The maximum absolute atomic E-state index is 11.2. The molecule has 1 aliphatic rings. The van der Waals surface area contributed by atoms with Crippen molar-refractivity contribution in [3.05, 3.63) is 12.7 Å². The van der Waals surface area contributed by atoms with Crippen molar-refractivity contribution in [1.29, 1.82) is 0 Å². The van der Waals surface area contributed by atoms with Gasteiger partial charge in [-0.1, -0.05) is 19.9 Å². The summed E-state index contributed by atoms with van der Waals surface area (Å²) in [4.78, 5) is 22.0. The fourth-order valence-corrected chi connectivity index (χ4v) is 1.69. The van der Waals surface area contributed by atoms with Gasteiger partial charge >= 0.3 is 11.9 Å². The third-order valence-corrected chi connectivity index (χ3v) is 2.41. The first kappa shape index (κ1) is 9.96. The number of carbonyl (C=O) groups excluding carboxylic acids is 2. The molecular weight excluding hydrogens is 168 g/mol. The average Bonchev–Trinajstić information content (AvgIpc) is 2.31. The first-order valence-electron chi connectivity index (χ1n) is 4.43. The minimum absolute atomic E-state index is 0.0407. The van der Waals surface area contributed by atoms with Crippen molar-refractivity contribution in [2.45, 2.75) is 20.3 Å². The Bertz CT molecular complexity index is 243. The zero-order chi connectivity index (χ0) is 10.0. The van der Waals surface area contributed by atoms with Crippen LogP contribution in [0.3, 0.4) is 0 Å². The van der Waals surface area contributed by atoms with Gasteiger partial charge in [-0.2, -0.15) is 0 Å². The lowest BCUT2D eigenvalue weighted by Gasteiger charge is -2.19. The molecule has 1 aliphatic heterocycles. The predicted octanol–water partition coefficient (Wildman–Crippen LogP) is 1.53. The normalized spacial score (nSPS) is 24.7. The van der Waals surface area contributed by atoms with Crippen molar-refractivity contribution in [3.63, 3.8) is 0 Å². The van der Waals surface area contributed by atoms with Crippen LogP contribution in [0.4, 0.5) is 0 Å². The molecule has 2 unspecified atom stereocenters. The Hall–Kier alpha value is -1.12. The Kier molecular flexibility index (Phi) is 2.86. The Balaban J connectivity index is 2.75. The van der Waals surface area contributed by atoms with Gasteiger partial charge in [0.05, 0.1) is 12.3 Å². The molecular formula is C10H14O3. The summed E-state index contributed by atoms with van der Waals surface area (Å²) in [6.07, 6.45) is 1.93.